The lowest BCUT2D eigenvalue weighted by atomic mass is 10.1. The van der Waals surface area contributed by atoms with Crippen LogP contribution in [-0.2, 0) is 20.6 Å². The van der Waals surface area contributed by atoms with Crippen LogP contribution in [0.1, 0.15) is 19.4 Å². The highest BCUT2D eigenvalue weighted by Crippen LogP contribution is 2.15. The molecule has 0 radical (unpaired) electrons. The summed E-state index contributed by atoms with van der Waals surface area (Å²) in [6.45, 7) is 2.95. The average Bonchev–Trinajstić information content (AvgIpc) is 2.36. The third-order valence-electron chi connectivity index (χ3n) is 2.86. The van der Waals surface area contributed by atoms with Crippen molar-refractivity contribution in [2.45, 2.75) is 25.1 Å². The second-order valence-electron chi connectivity index (χ2n) is 5.61. The van der Waals surface area contributed by atoms with Gasteiger partial charge >= 0.3 is 0 Å². The summed E-state index contributed by atoms with van der Waals surface area (Å²) in [5.74, 6) is -0.741. The van der Waals surface area contributed by atoms with E-state index in [0.29, 0.717) is 5.56 Å². The number of hydrogen-bond acceptors (Lipinski definition) is 5. The first-order chi connectivity index (χ1) is 9.94. The van der Waals surface area contributed by atoms with Crippen molar-refractivity contribution in [1.29, 1.82) is 0 Å². The monoisotopic (exact) mass is 329 g/mol. The van der Waals surface area contributed by atoms with Gasteiger partial charge in [-0.1, -0.05) is 12.1 Å². The Morgan fingerprint density at radius 3 is 2.18 bits per heavy atom. The highest BCUT2D eigenvalue weighted by molar-refractivity contribution is 7.88. The van der Waals surface area contributed by atoms with E-state index in [4.69, 9.17) is 0 Å². The molecule has 0 aliphatic heterocycles. The molecule has 0 fully saturated rings. The quantitative estimate of drug-likeness (QED) is 0.615. The van der Waals surface area contributed by atoms with Gasteiger partial charge < -0.3 is 4.90 Å². The SMILES string of the molecule is CN(C)C(=O)C(C)(C)NS(=O)(=O)Cc1ccc([N+](=O)[O-])cc1. The van der Waals surface area contributed by atoms with Crippen LogP contribution in [0.5, 0.6) is 0 Å². The molecular weight excluding hydrogens is 310 g/mol. The van der Waals surface area contributed by atoms with Crippen LogP contribution in [0.3, 0.4) is 0 Å². The van der Waals surface area contributed by atoms with Crippen LogP contribution in [0.15, 0.2) is 24.3 Å². The Morgan fingerprint density at radius 1 is 1.27 bits per heavy atom. The highest BCUT2D eigenvalue weighted by Gasteiger charge is 2.33. The number of sulfonamides is 1. The van der Waals surface area contributed by atoms with Gasteiger partial charge in [-0.3, -0.25) is 14.9 Å². The average molecular weight is 329 g/mol. The third-order valence-corrected chi connectivity index (χ3v) is 4.39. The van der Waals surface area contributed by atoms with Crippen molar-refractivity contribution in [3.05, 3.63) is 39.9 Å². The van der Waals surface area contributed by atoms with Crippen molar-refractivity contribution in [3.8, 4) is 0 Å². The lowest BCUT2D eigenvalue weighted by Crippen LogP contribution is -2.54. The Kier molecular flexibility index (Phi) is 5.26. The number of carbonyl (C=O) groups excluding carboxylic acids is 1. The van der Waals surface area contributed by atoms with E-state index in [0.717, 1.165) is 0 Å². The van der Waals surface area contributed by atoms with Crippen molar-refractivity contribution < 1.29 is 18.1 Å². The predicted octanol–water partition coefficient (Wildman–Crippen LogP) is 0.881. The van der Waals surface area contributed by atoms with Gasteiger partial charge in [0, 0.05) is 26.2 Å². The molecule has 0 bridgehead atoms. The number of likely N-dealkylation sites (N-methyl/N-ethyl adjacent to an activating group) is 1. The number of nitrogens with one attached hydrogen (secondary N) is 1. The van der Waals surface area contributed by atoms with Crippen LogP contribution in [0, 0.1) is 10.1 Å². The van der Waals surface area contributed by atoms with E-state index in [2.05, 4.69) is 4.72 Å². The van der Waals surface area contributed by atoms with Crippen molar-refractivity contribution in [1.82, 2.24) is 9.62 Å². The summed E-state index contributed by atoms with van der Waals surface area (Å²) in [5, 5.41) is 10.6. The van der Waals surface area contributed by atoms with Crippen LogP contribution < -0.4 is 4.72 Å². The third kappa shape index (κ3) is 4.78. The maximum atomic E-state index is 12.1. The van der Waals surface area contributed by atoms with E-state index in [1.54, 1.807) is 0 Å². The number of benzene rings is 1. The van der Waals surface area contributed by atoms with Crippen LogP contribution in [0.4, 0.5) is 5.69 Å². The topological polar surface area (TPSA) is 110 Å². The summed E-state index contributed by atoms with van der Waals surface area (Å²) in [7, 11) is -0.698. The molecule has 0 aliphatic carbocycles. The minimum absolute atomic E-state index is 0.114. The molecule has 0 saturated carbocycles. The molecule has 0 heterocycles. The number of non-ortho nitro benzene ring substituents is 1. The first kappa shape index (κ1) is 18.1. The van der Waals surface area contributed by atoms with Crippen LogP contribution >= 0.6 is 0 Å². The van der Waals surface area contributed by atoms with Gasteiger partial charge in [-0.2, -0.15) is 4.72 Å². The van der Waals surface area contributed by atoms with Crippen LogP contribution in [0.2, 0.25) is 0 Å². The Hall–Kier alpha value is -2.00. The number of hydrogen-bond donors (Lipinski definition) is 1. The van der Waals surface area contributed by atoms with Crippen molar-refractivity contribution in [2.75, 3.05) is 14.1 Å². The molecule has 1 N–H and O–H groups in total. The molecule has 9 heteroatoms. The van der Waals surface area contributed by atoms with E-state index in [1.165, 1.54) is 57.1 Å². The molecule has 0 aromatic heterocycles. The first-order valence-electron chi connectivity index (χ1n) is 6.41. The zero-order valence-corrected chi connectivity index (χ0v) is 13.7. The van der Waals surface area contributed by atoms with Crippen LogP contribution in [0.25, 0.3) is 0 Å². The lowest BCUT2D eigenvalue weighted by Gasteiger charge is -2.27. The molecule has 8 nitrogen and oxygen atoms in total. The number of nitro benzene ring substituents is 1. The molecule has 22 heavy (non-hydrogen) atoms. The summed E-state index contributed by atoms with van der Waals surface area (Å²) < 4.78 is 26.6. The van der Waals surface area contributed by atoms with Gasteiger partial charge in [-0.25, -0.2) is 8.42 Å². The molecule has 122 valence electrons. The normalized spacial score (nSPS) is 12.0. The summed E-state index contributed by atoms with van der Waals surface area (Å²) >= 11 is 0. The number of nitro groups is 1. The number of nitrogens with zero attached hydrogens (tertiary/aromatic N) is 2. The van der Waals surface area contributed by atoms with Gasteiger partial charge in [0.2, 0.25) is 15.9 Å². The zero-order chi connectivity index (χ0) is 17.1. The second kappa shape index (κ2) is 6.41. The fourth-order valence-corrected chi connectivity index (χ4v) is 3.53. The number of carbonyl (C=O) groups is 1. The minimum atomic E-state index is -3.77. The van der Waals surface area contributed by atoms with Gasteiger partial charge in [0.05, 0.1) is 10.7 Å². The largest absolute Gasteiger partial charge is 0.347 e. The van der Waals surface area contributed by atoms with Gasteiger partial charge in [-0.15, -0.1) is 0 Å². The molecule has 1 rings (SSSR count). The van der Waals surface area contributed by atoms with E-state index in [-0.39, 0.29) is 17.3 Å². The van der Waals surface area contributed by atoms with E-state index in [1.807, 2.05) is 0 Å². The van der Waals surface area contributed by atoms with E-state index < -0.39 is 20.5 Å². The van der Waals surface area contributed by atoms with Crippen molar-refractivity contribution >= 4 is 21.6 Å². The Labute approximate surface area is 129 Å². The molecule has 0 unspecified atom stereocenters. The van der Waals surface area contributed by atoms with E-state index in [9.17, 15) is 23.3 Å². The van der Waals surface area contributed by atoms with Crippen molar-refractivity contribution in [3.63, 3.8) is 0 Å². The molecule has 1 aromatic carbocycles. The Balaban J connectivity index is 2.87. The zero-order valence-electron chi connectivity index (χ0n) is 12.9. The molecule has 1 aromatic rings. The van der Waals surface area contributed by atoms with Crippen molar-refractivity contribution in [2.24, 2.45) is 0 Å². The predicted molar refractivity (Wildman–Crippen MR) is 81.6 cm³/mol. The van der Waals surface area contributed by atoms with E-state index >= 15 is 0 Å². The standard InChI is InChI=1S/C13H19N3O5S/c1-13(2,12(17)15(3)4)14-22(20,21)9-10-5-7-11(8-6-10)16(18)19/h5-8,14H,9H2,1-4H3. The second-order valence-corrected chi connectivity index (χ2v) is 7.33. The molecule has 0 atom stereocenters. The Bertz CT molecular complexity index is 665. The molecular formula is C13H19N3O5S. The van der Waals surface area contributed by atoms with Gasteiger partial charge in [-0.05, 0) is 19.4 Å². The highest BCUT2D eigenvalue weighted by atomic mass is 32.2. The number of rotatable bonds is 6. The molecule has 0 spiro atoms. The molecule has 1 amide bonds. The molecule has 0 aliphatic rings. The summed E-state index contributed by atoms with van der Waals surface area (Å²) in [6, 6.07) is 5.22. The summed E-state index contributed by atoms with van der Waals surface area (Å²) in [6.07, 6.45) is 0. The minimum Gasteiger partial charge on any atom is -0.347 e. The number of amides is 1. The smallest absolute Gasteiger partial charge is 0.269 e. The summed E-state index contributed by atoms with van der Waals surface area (Å²) in [4.78, 5) is 23.2. The first-order valence-corrected chi connectivity index (χ1v) is 8.06. The van der Waals surface area contributed by atoms with Gasteiger partial charge in [0.1, 0.15) is 5.54 Å². The fourth-order valence-electron chi connectivity index (χ4n) is 1.96. The fraction of sp³-hybridized carbons (Fsp3) is 0.462. The summed E-state index contributed by atoms with van der Waals surface area (Å²) in [5.41, 5.74) is -0.994. The van der Waals surface area contributed by atoms with Crippen LogP contribution in [-0.4, -0.2) is 43.8 Å². The van der Waals surface area contributed by atoms with Gasteiger partial charge in [0.25, 0.3) is 5.69 Å². The maximum absolute atomic E-state index is 12.1. The Morgan fingerprint density at radius 2 is 1.77 bits per heavy atom. The maximum Gasteiger partial charge on any atom is 0.269 e. The lowest BCUT2D eigenvalue weighted by molar-refractivity contribution is -0.384. The van der Waals surface area contributed by atoms with Gasteiger partial charge in [0.15, 0.2) is 0 Å². The molecule has 0 saturated heterocycles.